The Morgan fingerprint density at radius 2 is 2.05 bits per heavy atom. The minimum absolute atomic E-state index is 0.347. The number of aromatic nitrogens is 2. The van der Waals surface area contributed by atoms with Crippen molar-refractivity contribution >= 4 is 11.5 Å². The summed E-state index contributed by atoms with van der Waals surface area (Å²) in [6.07, 6.45) is 0. The zero-order valence-electron chi connectivity index (χ0n) is 11.3. The number of hydrogen-bond donors (Lipinski definition) is 2. The molecule has 0 spiro atoms. The van der Waals surface area contributed by atoms with Gasteiger partial charge in [-0.1, -0.05) is 0 Å². The van der Waals surface area contributed by atoms with Crippen LogP contribution in [-0.2, 0) is 4.74 Å². The molecule has 0 aliphatic rings. The van der Waals surface area contributed by atoms with Crippen molar-refractivity contribution < 1.29 is 26.2 Å². The molecule has 0 saturated carbocycles. The number of rotatable bonds is 5. The van der Waals surface area contributed by atoms with Gasteiger partial charge in [0.25, 0.3) is 0 Å². The number of nitrogens with two attached hydrogens (primary N) is 1. The average molecular weight is 373 g/mol. The van der Waals surface area contributed by atoms with E-state index in [0.717, 1.165) is 28.3 Å². The van der Waals surface area contributed by atoms with Crippen molar-refractivity contribution in [3.8, 4) is 11.3 Å². The van der Waals surface area contributed by atoms with E-state index in [4.69, 9.17) is 10.5 Å². The Hall–Kier alpha value is -1.28. The summed E-state index contributed by atoms with van der Waals surface area (Å²) in [6, 6.07) is 8.18. The number of methoxy groups -OCH3 is 1. The van der Waals surface area contributed by atoms with Gasteiger partial charge in [-0.2, -0.15) is 0 Å². The van der Waals surface area contributed by atoms with Crippen LogP contribution < -0.4 is 32.5 Å². The number of nitrogen functional groups attached to an aromatic ring is 1. The summed E-state index contributed by atoms with van der Waals surface area (Å²) < 4.78 is 7.72. The molecule has 2 aromatic rings. The van der Waals surface area contributed by atoms with Crippen LogP contribution in [0.15, 0.2) is 24.3 Å². The molecule has 1 aromatic carbocycles. The number of ether oxygens (including phenoxy) is 1. The predicted molar refractivity (Wildman–Crippen MR) is 73.6 cm³/mol. The van der Waals surface area contributed by atoms with Gasteiger partial charge in [0.05, 0.1) is 0 Å². The molecule has 19 heavy (non-hydrogen) atoms. The van der Waals surface area contributed by atoms with Gasteiger partial charge in [-0.05, 0) is 0 Å². The molecule has 0 fully saturated rings. The molecular formula is C13H18IN4O-. The van der Waals surface area contributed by atoms with Crippen molar-refractivity contribution in [2.24, 2.45) is 0 Å². The summed E-state index contributed by atoms with van der Waals surface area (Å²) in [5, 5.41) is 7.72. The topological polar surface area (TPSA) is 65.1 Å². The third-order valence-corrected chi connectivity index (χ3v) is 5.13. The van der Waals surface area contributed by atoms with E-state index in [1.54, 1.807) is 7.11 Å². The standard InChI is InChI=1S/C13H18IN4O/c1-9-12(10-4-6-11(16-2)7-5-10)17-18(13(9)15)14-8-19-3/h4-7,16H,8,15H2,1-3H3/q-1. The van der Waals surface area contributed by atoms with E-state index in [1.807, 2.05) is 29.0 Å². The molecule has 0 aliphatic carbocycles. The zero-order valence-corrected chi connectivity index (χ0v) is 13.4. The molecule has 104 valence electrons. The van der Waals surface area contributed by atoms with Crippen LogP contribution in [0.4, 0.5) is 11.5 Å². The number of nitrogens with zero attached hydrogens (tertiary/aromatic N) is 2. The SMILES string of the molecule is CNc1ccc(-c2nn([I-]COC)c(N)c2C)cc1. The predicted octanol–water partition coefficient (Wildman–Crippen LogP) is -1.06. The minimum atomic E-state index is -0.347. The van der Waals surface area contributed by atoms with Gasteiger partial charge in [0.2, 0.25) is 0 Å². The van der Waals surface area contributed by atoms with Gasteiger partial charge in [0, 0.05) is 0 Å². The first-order chi connectivity index (χ1) is 9.17. The molecule has 2 rings (SSSR count). The van der Waals surface area contributed by atoms with Crippen molar-refractivity contribution in [1.82, 2.24) is 7.99 Å². The Morgan fingerprint density at radius 1 is 1.37 bits per heavy atom. The van der Waals surface area contributed by atoms with Gasteiger partial charge in [0.15, 0.2) is 0 Å². The fraction of sp³-hybridized carbons (Fsp3) is 0.308. The molecule has 0 atom stereocenters. The number of alkyl halides is 1. The molecule has 0 saturated heterocycles. The van der Waals surface area contributed by atoms with Gasteiger partial charge in [-0.3, -0.25) is 0 Å². The van der Waals surface area contributed by atoms with Crippen LogP contribution in [0, 0.1) is 6.92 Å². The van der Waals surface area contributed by atoms with Crippen molar-refractivity contribution in [3.05, 3.63) is 29.8 Å². The first-order valence-corrected chi connectivity index (χ1v) is 8.38. The maximum atomic E-state index is 6.10. The monoisotopic (exact) mass is 373 g/mol. The molecule has 0 aliphatic heterocycles. The Morgan fingerprint density at radius 3 is 2.63 bits per heavy atom. The van der Waals surface area contributed by atoms with E-state index in [9.17, 15) is 0 Å². The average Bonchev–Trinajstić information content (AvgIpc) is 2.73. The number of anilines is 2. The summed E-state index contributed by atoms with van der Waals surface area (Å²) in [5.41, 5.74) is 10.3. The van der Waals surface area contributed by atoms with Gasteiger partial charge in [0.1, 0.15) is 0 Å². The second-order valence-electron chi connectivity index (χ2n) is 4.06. The number of halogens is 1. The fourth-order valence-electron chi connectivity index (χ4n) is 1.73. The van der Waals surface area contributed by atoms with Crippen molar-refractivity contribution in [1.29, 1.82) is 0 Å². The van der Waals surface area contributed by atoms with E-state index in [-0.39, 0.29) is 21.5 Å². The zero-order chi connectivity index (χ0) is 13.8. The molecule has 0 amide bonds. The molecular weight excluding hydrogens is 355 g/mol. The summed E-state index contributed by atoms with van der Waals surface area (Å²) in [5.74, 6) is 0.748. The van der Waals surface area contributed by atoms with Crippen LogP contribution in [0.25, 0.3) is 11.3 Å². The van der Waals surface area contributed by atoms with Crippen LogP contribution in [0.3, 0.4) is 0 Å². The summed E-state index contributed by atoms with van der Waals surface area (Å²) in [6.45, 7) is 2.01. The molecule has 1 aromatic heterocycles. The van der Waals surface area contributed by atoms with Gasteiger partial charge in [-0.25, -0.2) is 0 Å². The van der Waals surface area contributed by atoms with E-state index in [2.05, 4.69) is 22.5 Å². The molecule has 5 nitrogen and oxygen atoms in total. The molecule has 1 heterocycles. The van der Waals surface area contributed by atoms with Crippen molar-refractivity contribution in [2.75, 3.05) is 29.8 Å². The summed E-state index contributed by atoms with van der Waals surface area (Å²) in [7, 11) is 3.60. The maximum absolute atomic E-state index is 6.10. The second-order valence-corrected chi connectivity index (χ2v) is 6.28. The van der Waals surface area contributed by atoms with E-state index < -0.39 is 0 Å². The number of benzene rings is 1. The van der Waals surface area contributed by atoms with Crippen molar-refractivity contribution in [2.45, 2.75) is 6.92 Å². The van der Waals surface area contributed by atoms with Crippen molar-refractivity contribution in [3.63, 3.8) is 0 Å². The summed E-state index contributed by atoms with van der Waals surface area (Å²) in [4.78, 5) is 0. The number of hydrogen-bond acceptors (Lipinski definition) is 4. The van der Waals surface area contributed by atoms with Gasteiger partial charge in [-0.15, -0.1) is 0 Å². The normalized spacial score (nSPS) is 10.9. The Balaban J connectivity index is 2.33. The molecule has 0 unspecified atom stereocenters. The van der Waals surface area contributed by atoms with E-state index in [1.165, 1.54) is 0 Å². The third-order valence-electron chi connectivity index (χ3n) is 2.84. The Labute approximate surface area is 123 Å². The van der Waals surface area contributed by atoms with Crippen LogP contribution in [-0.4, -0.2) is 26.8 Å². The van der Waals surface area contributed by atoms with Gasteiger partial charge >= 0.3 is 124 Å². The molecule has 6 heteroatoms. The van der Waals surface area contributed by atoms with Crippen LogP contribution in [0.5, 0.6) is 0 Å². The summed E-state index contributed by atoms with van der Waals surface area (Å²) >= 11 is -0.347. The molecule has 0 radical (unpaired) electrons. The Kier molecular flexibility index (Phi) is 4.65. The van der Waals surface area contributed by atoms with Crippen LogP contribution >= 0.6 is 0 Å². The van der Waals surface area contributed by atoms with E-state index in [0.29, 0.717) is 4.61 Å². The quantitative estimate of drug-likeness (QED) is 0.518. The fourth-order valence-corrected chi connectivity index (χ4v) is 3.37. The second kappa shape index (κ2) is 6.25. The van der Waals surface area contributed by atoms with E-state index >= 15 is 0 Å². The van der Waals surface area contributed by atoms with Crippen LogP contribution in [0.1, 0.15) is 5.56 Å². The first kappa shape index (κ1) is 14.1. The number of nitrogens with one attached hydrogen (secondary N) is 1. The Bertz CT molecular complexity index is 551. The first-order valence-electron chi connectivity index (χ1n) is 5.89. The van der Waals surface area contributed by atoms with Gasteiger partial charge < -0.3 is 0 Å². The van der Waals surface area contributed by atoms with Crippen LogP contribution in [0.2, 0.25) is 0 Å². The molecule has 0 bridgehead atoms. The third kappa shape index (κ3) is 3.01. The molecule has 3 N–H and O–H groups in total.